The molecule has 0 N–H and O–H groups in total. The summed E-state index contributed by atoms with van der Waals surface area (Å²) in [5, 5.41) is 11.5. The zero-order valence-corrected chi connectivity index (χ0v) is 15.6. The van der Waals surface area contributed by atoms with Crippen molar-refractivity contribution in [3.05, 3.63) is 36.0 Å². The quantitative estimate of drug-likeness (QED) is 0.625. The maximum Gasteiger partial charge on any atom is 0.198 e. The molecule has 0 spiro atoms. The van der Waals surface area contributed by atoms with Gasteiger partial charge in [0.15, 0.2) is 15.3 Å². The Labute approximate surface area is 147 Å². The van der Waals surface area contributed by atoms with Crippen molar-refractivity contribution in [3.63, 3.8) is 0 Å². The van der Waals surface area contributed by atoms with E-state index in [-0.39, 0.29) is 5.41 Å². The van der Waals surface area contributed by atoms with Gasteiger partial charge in [-0.3, -0.25) is 4.57 Å². The highest BCUT2D eigenvalue weighted by molar-refractivity contribution is 8.00. The van der Waals surface area contributed by atoms with Gasteiger partial charge in [0.2, 0.25) is 0 Å². The third-order valence-corrected chi connectivity index (χ3v) is 5.63. The van der Waals surface area contributed by atoms with E-state index in [4.69, 9.17) is 0 Å². The molecule has 0 fully saturated rings. The molecule has 0 saturated carbocycles. The third kappa shape index (κ3) is 3.54. The Bertz CT molecular complexity index is 796. The lowest BCUT2D eigenvalue weighted by molar-refractivity contribution is 0.551. The first kappa shape index (κ1) is 16.4. The van der Waals surface area contributed by atoms with Crippen molar-refractivity contribution in [2.24, 2.45) is 0 Å². The Kier molecular flexibility index (Phi) is 4.65. The van der Waals surface area contributed by atoms with Crippen molar-refractivity contribution in [1.29, 1.82) is 0 Å². The summed E-state index contributed by atoms with van der Waals surface area (Å²) in [4.78, 5) is 5.71. The highest BCUT2D eigenvalue weighted by Crippen LogP contribution is 2.33. The molecule has 0 radical (unpaired) electrons. The van der Waals surface area contributed by atoms with E-state index >= 15 is 0 Å². The van der Waals surface area contributed by atoms with E-state index < -0.39 is 0 Å². The second-order valence-corrected chi connectivity index (χ2v) is 8.83. The van der Waals surface area contributed by atoms with Gasteiger partial charge in [-0.25, -0.2) is 4.98 Å². The molecule has 23 heavy (non-hydrogen) atoms. The lowest BCUT2D eigenvalue weighted by atomic mass is 9.96. The fourth-order valence-corrected chi connectivity index (χ4v) is 4.33. The van der Waals surface area contributed by atoms with Crippen LogP contribution in [0.3, 0.4) is 0 Å². The molecule has 3 heterocycles. The van der Waals surface area contributed by atoms with Crippen LogP contribution < -0.4 is 0 Å². The number of hydrogen-bond donors (Lipinski definition) is 0. The molecule has 0 aliphatic carbocycles. The summed E-state index contributed by atoms with van der Waals surface area (Å²) < 4.78 is 7.39. The molecule has 0 aliphatic rings. The molecule has 0 saturated heterocycles. The molecule has 0 unspecified atom stereocenters. The Hall–Kier alpha value is -1.51. The van der Waals surface area contributed by atoms with Gasteiger partial charge in [-0.05, 0) is 34.7 Å². The van der Waals surface area contributed by atoms with Gasteiger partial charge in [-0.1, -0.05) is 32.9 Å². The van der Waals surface area contributed by atoms with Crippen LogP contribution in [0.1, 0.15) is 26.6 Å². The van der Waals surface area contributed by atoms with Crippen molar-refractivity contribution in [3.8, 4) is 10.7 Å². The number of allylic oxidation sites excluding steroid dienone is 1. The molecule has 0 bridgehead atoms. The van der Waals surface area contributed by atoms with Gasteiger partial charge >= 0.3 is 0 Å². The predicted molar refractivity (Wildman–Crippen MR) is 96.3 cm³/mol. The third-order valence-electron chi connectivity index (χ3n) is 3.03. The maximum absolute atomic E-state index is 4.62. The zero-order valence-electron chi connectivity index (χ0n) is 13.2. The molecule has 5 nitrogen and oxygen atoms in total. The smallest absolute Gasteiger partial charge is 0.198 e. The van der Waals surface area contributed by atoms with Crippen molar-refractivity contribution < 1.29 is 0 Å². The molecule has 3 rings (SSSR count). The average Bonchev–Trinajstić information content (AvgIpc) is 3.20. The van der Waals surface area contributed by atoms with E-state index in [1.807, 2.05) is 23.6 Å². The fourth-order valence-electron chi connectivity index (χ4n) is 1.88. The Morgan fingerprint density at radius 3 is 2.78 bits per heavy atom. The van der Waals surface area contributed by atoms with Crippen LogP contribution in [0.4, 0.5) is 0 Å². The van der Waals surface area contributed by atoms with Crippen LogP contribution in [0.15, 0.2) is 39.7 Å². The molecule has 0 aliphatic heterocycles. The number of hydrogen-bond acceptors (Lipinski definition) is 7. The summed E-state index contributed by atoms with van der Waals surface area (Å²) in [5.41, 5.74) is -0.0494. The van der Waals surface area contributed by atoms with Crippen LogP contribution in [0.2, 0.25) is 0 Å². The predicted octanol–water partition coefficient (Wildman–Crippen LogP) is 4.49. The fraction of sp³-hybridized carbons (Fsp3) is 0.333. The van der Waals surface area contributed by atoms with E-state index in [0.717, 1.165) is 26.0 Å². The van der Waals surface area contributed by atoms with Crippen LogP contribution in [0.5, 0.6) is 0 Å². The Morgan fingerprint density at radius 2 is 2.17 bits per heavy atom. The lowest BCUT2D eigenvalue weighted by Crippen LogP contribution is -2.12. The van der Waals surface area contributed by atoms with Crippen LogP contribution in [-0.4, -0.2) is 24.1 Å². The average molecular weight is 364 g/mol. The van der Waals surface area contributed by atoms with Gasteiger partial charge in [0.25, 0.3) is 0 Å². The molecule has 3 aromatic heterocycles. The summed E-state index contributed by atoms with van der Waals surface area (Å²) >= 11 is 4.55. The van der Waals surface area contributed by atoms with Gasteiger partial charge in [0.05, 0.1) is 4.88 Å². The summed E-state index contributed by atoms with van der Waals surface area (Å²) in [5.74, 6) is 1.72. The number of aromatic nitrogens is 5. The lowest BCUT2D eigenvalue weighted by Gasteiger charge is -2.12. The number of nitrogens with zero attached hydrogens (tertiary/aromatic N) is 5. The van der Waals surface area contributed by atoms with Gasteiger partial charge in [-0.15, -0.1) is 28.1 Å². The molecule has 3 aromatic rings. The Balaban J connectivity index is 1.91. The van der Waals surface area contributed by atoms with Gasteiger partial charge in [0, 0.05) is 12.0 Å². The van der Waals surface area contributed by atoms with E-state index in [1.165, 1.54) is 23.3 Å². The van der Waals surface area contributed by atoms with Crippen LogP contribution in [-0.2, 0) is 12.0 Å². The number of rotatable bonds is 5. The maximum atomic E-state index is 4.62. The molecular formula is C15H17N5S3. The molecule has 0 atom stereocenters. The van der Waals surface area contributed by atoms with Crippen molar-refractivity contribution in [1.82, 2.24) is 24.1 Å². The summed E-state index contributed by atoms with van der Waals surface area (Å²) in [7, 11) is 0. The molecule has 0 aromatic carbocycles. The normalized spacial score (nSPS) is 11.8. The van der Waals surface area contributed by atoms with E-state index in [1.54, 1.807) is 11.3 Å². The standard InChI is InChI=1S/C15H17N5S3/c1-5-8-20-11(10-7-6-9-21-10)17-18-13(20)22-14-16-12(19-23-14)15(2,3)4/h5-7,9H,1,8H2,2-4H3. The van der Waals surface area contributed by atoms with Crippen LogP contribution in [0.25, 0.3) is 10.7 Å². The minimum Gasteiger partial charge on any atom is -0.297 e. The first-order chi connectivity index (χ1) is 11.0. The summed E-state index contributed by atoms with van der Waals surface area (Å²) in [6, 6.07) is 4.06. The van der Waals surface area contributed by atoms with E-state index in [2.05, 4.69) is 51.5 Å². The first-order valence-corrected chi connectivity index (χ1v) is 9.56. The van der Waals surface area contributed by atoms with Crippen LogP contribution in [0, 0.1) is 0 Å². The van der Waals surface area contributed by atoms with Crippen molar-refractivity contribution >= 4 is 34.6 Å². The van der Waals surface area contributed by atoms with Crippen molar-refractivity contribution in [2.75, 3.05) is 0 Å². The van der Waals surface area contributed by atoms with Crippen LogP contribution >= 0.6 is 34.6 Å². The minimum atomic E-state index is -0.0494. The second-order valence-electron chi connectivity index (χ2n) is 5.92. The minimum absolute atomic E-state index is 0.0494. The van der Waals surface area contributed by atoms with Gasteiger partial charge < -0.3 is 0 Å². The number of thiophene rings is 1. The summed E-state index contributed by atoms with van der Waals surface area (Å²) in [6.07, 6.45) is 1.85. The summed E-state index contributed by atoms with van der Waals surface area (Å²) in [6.45, 7) is 10.8. The SMILES string of the molecule is C=CCn1c(Sc2nc(C(C)(C)C)ns2)nnc1-c1cccs1. The highest BCUT2D eigenvalue weighted by Gasteiger charge is 2.21. The van der Waals surface area contributed by atoms with E-state index in [0.29, 0.717) is 6.54 Å². The molecule has 0 amide bonds. The van der Waals surface area contributed by atoms with E-state index in [9.17, 15) is 0 Å². The molecule has 120 valence electrons. The zero-order chi connectivity index (χ0) is 16.4. The largest absolute Gasteiger partial charge is 0.297 e. The molecule has 8 heteroatoms. The van der Waals surface area contributed by atoms with Crippen molar-refractivity contribution in [2.45, 2.75) is 42.2 Å². The second kappa shape index (κ2) is 6.54. The first-order valence-electron chi connectivity index (χ1n) is 7.09. The van der Waals surface area contributed by atoms with Gasteiger partial charge in [0.1, 0.15) is 5.82 Å². The Morgan fingerprint density at radius 1 is 1.35 bits per heavy atom. The topological polar surface area (TPSA) is 56.5 Å². The highest BCUT2D eigenvalue weighted by atomic mass is 32.2. The molecular weight excluding hydrogens is 346 g/mol. The monoisotopic (exact) mass is 363 g/mol. The van der Waals surface area contributed by atoms with Gasteiger partial charge in [-0.2, -0.15) is 4.37 Å².